The maximum Gasteiger partial charge on any atom is 0.238 e. The number of nitrogens with zero attached hydrogens (tertiary/aromatic N) is 3. The summed E-state index contributed by atoms with van der Waals surface area (Å²) in [5.41, 5.74) is 12.8. The van der Waals surface area contributed by atoms with E-state index in [2.05, 4.69) is 20.4 Å². The van der Waals surface area contributed by atoms with Gasteiger partial charge in [0, 0.05) is 47.6 Å². The number of sulfonamides is 1. The molecule has 10 nitrogen and oxygen atoms in total. The second-order valence-electron chi connectivity index (χ2n) is 9.26. The number of aromatic nitrogens is 3. The van der Waals surface area contributed by atoms with Gasteiger partial charge in [-0.3, -0.25) is 0 Å². The first-order valence-electron chi connectivity index (χ1n) is 12.6. The highest BCUT2D eigenvalue weighted by atomic mass is 32.2. The Morgan fingerprint density at radius 3 is 2.38 bits per heavy atom. The smallest absolute Gasteiger partial charge is 0.238 e. The minimum absolute atomic E-state index is 0.0344. The molecule has 0 amide bonds. The fourth-order valence-corrected chi connectivity index (χ4v) is 5.39. The first-order valence-corrected chi connectivity index (χ1v) is 14.2. The Balaban J connectivity index is 1.95. The van der Waals surface area contributed by atoms with Gasteiger partial charge in [0.25, 0.3) is 0 Å². The molecule has 4 rings (SSSR count). The lowest BCUT2D eigenvalue weighted by Gasteiger charge is -2.21. The zero-order chi connectivity index (χ0) is 28.3. The molecule has 11 heteroatoms. The predicted octanol–water partition coefficient (Wildman–Crippen LogP) is 4.29. The van der Waals surface area contributed by atoms with Crippen LogP contribution in [0, 0.1) is 27.7 Å². The summed E-state index contributed by atoms with van der Waals surface area (Å²) in [7, 11) is -3.99. The highest BCUT2D eigenvalue weighted by molar-refractivity contribution is 7.89. The van der Waals surface area contributed by atoms with E-state index in [1.807, 2.05) is 46.8 Å². The van der Waals surface area contributed by atoms with Crippen LogP contribution in [0.25, 0.3) is 22.4 Å². The van der Waals surface area contributed by atoms with Gasteiger partial charge in [0.2, 0.25) is 10.0 Å². The number of anilines is 1. The second kappa shape index (κ2) is 11.6. The number of benzene rings is 2. The number of hydrogen-bond acceptors (Lipinski definition) is 9. The molecular formula is C28H34N6O4S. The number of nitrogens with two attached hydrogens (primary N) is 2. The van der Waals surface area contributed by atoms with Crippen LogP contribution in [0.4, 0.5) is 5.82 Å². The Bertz CT molecular complexity index is 1610. The lowest BCUT2D eigenvalue weighted by atomic mass is 9.89. The first-order chi connectivity index (χ1) is 18.6. The van der Waals surface area contributed by atoms with E-state index in [1.54, 1.807) is 18.2 Å². The lowest BCUT2D eigenvalue weighted by molar-refractivity contribution is 0.134. The summed E-state index contributed by atoms with van der Waals surface area (Å²) < 4.78 is 36.4. The third kappa shape index (κ3) is 5.86. The molecule has 2 aromatic heterocycles. The van der Waals surface area contributed by atoms with Gasteiger partial charge < -0.3 is 20.3 Å². The van der Waals surface area contributed by atoms with E-state index in [1.165, 1.54) is 6.07 Å². The minimum atomic E-state index is -3.99. The molecular weight excluding hydrogens is 516 g/mol. The summed E-state index contributed by atoms with van der Waals surface area (Å²) in [4.78, 5) is 9.04. The van der Waals surface area contributed by atoms with Crippen LogP contribution in [0.15, 0.2) is 45.8 Å². The second-order valence-corrected chi connectivity index (χ2v) is 10.8. The van der Waals surface area contributed by atoms with Crippen molar-refractivity contribution in [1.82, 2.24) is 15.1 Å². The van der Waals surface area contributed by atoms with E-state index < -0.39 is 10.0 Å². The summed E-state index contributed by atoms with van der Waals surface area (Å²) >= 11 is 0. The van der Waals surface area contributed by atoms with Gasteiger partial charge in [0.05, 0.1) is 11.5 Å². The zero-order valence-electron chi connectivity index (χ0n) is 22.8. The van der Waals surface area contributed by atoms with Crippen molar-refractivity contribution < 1.29 is 17.7 Å². The van der Waals surface area contributed by atoms with Crippen molar-refractivity contribution in [2.24, 2.45) is 10.9 Å². The van der Waals surface area contributed by atoms with Crippen LogP contribution in [0.5, 0.6) is 0 Å². The SMILES string of the molecule is CCOCc1c(-c2ccccc2S(N)(=O)=O)ccc(CNc2nc(C)nc(C)c2CN)c1-c1noc(C)c1C. The molecule has 39 heavy (non-hydrogen) atoms. The van der Waals surface area contributed by atoms with E-state index in [9.17, 15) is 8.42 Å². The molecule has 0 aliphatic rings. The van der Waals surface area contributed by atoms with Gasteiger partial charge in [-0.15, -0.1) is 0 Å². The molecule has 0 aliphatic carbocycles. The van der Waals surface area contributed by atoms with E-state index in [0.29, 0.717) is 53.9 Å². The highest BCUT2D eigenvalue weighted by Crippen LogP contribution is 2.39. The quantitative estimate of drug-likeness (QED) is 0.262. The molecule has 206 valence electrons. The maximum absolute atomic E-state index is 12.5. The third-order valence-electron chi connectivity index (χ3n) is 6.70. The monoisotopic (exact) mass is 550 g/mol. The number of nitrogens with one attached hydrogen (secondary N) is 1. The average molecular weight is 551 g/mol. The number of rotatable bonds is 10. The summed E-state index contributed by atoms with van der Waals surface area (Å²) in [5, 5.41) is 13.4. The molecule has 0 radical (unpaired) electrons. The molecule has 0 aliphatic heterocycles. The van der Waals surface area contributed by atoms with Crippen LogP contribution in [0.3, 0.4) is 0 Å². The summed E-state index contributed by atoms with van der Waals surface area (Å²) in [5.74, 6) is 1.99. The molecule has 0 saturated heterocycles. The zero-order valence-corrected chi connectivity index (χ0v) is 23.6. The van der Waals surface area contributed by atoms with Crippen LogP contribution in [0.1, 0.15) is 46.5 Å². The molecule has 2 aromatic carbocycles. The normalized spacial score (nSPS) is 11.7. The first kappa shape index (κ1) is 28.4. The van der Waals surface area contributed by atoms with Gasteiger partial charge >= 0.3 is 0 Å². The van der Waals surface area contributed by atoms with Crippen molar-refractivity contribution in [3.8, 4) is 22.4 Å². The van der Waals surface area contributed by atoms with E-state index >= 15 is 0 Å². The summed E-state index contributed by atoms with van der Waals surface area (Å²) in [6, 6.07) is 10.5. The molecule has 4 aromatic rings. The van der Waals surface area contributed by atoms with Gasteiger partial charge in [-0.1, -0.05) is 35.5 Å². The van der Waals surface area contributed by atoms with Gasteiger partial charge in [-0.25, -0.2) is 23.5 Å². The fraction of sp³-hybridized carbons (Fsp3) is 0.321. The van der Waals surface area contributed by atoms with Crippen LogP contribution < -0.4 is 16.2 Å². The van der Waals surface area contributed by atoms with Gasteiger partial charge in [0.1, 0.15) is 23.1 Å². The van der Waals surface area contributed by atoms with Crippen LogP contribution in [0.2, 0.25) is 0 Å². The van der Waals surface area contributed by atoms with Crippen LogP contribution in [-0.4, -0.2) is 30.1 Å². The molecule has 0 spiro atoms. The Hall–Kier alpha value is -3.64. The third-order valence-corrected chi connectivity index (χ3v) is 7.67. The van der Waals surface area contributed by atoms with E-state index in [0.717, 1.165) is 33.5 Å². The van der Waals surface area contributed by atoms with Crippen molar-refractivity contribution in [1.29, 1.82) is 0 Å². The minimum Gasteiger partial charge on any atom is -0.377 e. The number of primary sulfonamides is 1. The Morgan fingerprint density at radius 2 is 1.74 bits per heavy atom. The molecule has 2 heterocycles. The Morgan fingerprint density at radius 1 is 1.00 bits per heavy atom. The Kier molecular flexibility index (Phi) is 8.45. The van der Waals surface area contributed by atoms with Gasteiger partial charge in [0.15, 0.2) is 0 Å². The lowest BCUT2D eigenvalue weighted by Crippen LogP contribution is -2.15. The van der Waals surface area contributed by atoms with Gasteiger partial charge in [-0.05, 0) is 57.4 Å². The number of hydrogen-bond donors (Lipinski definition) is 3. The predicted molar refractivity (Wildman–Crippen MR) is 150 cm³/mol. The van der Waals surface area contributed by atoms with E-state index in [-0.39, 0.29) is 11.5 Å². The fourth-order valence-electron chi connectivity index (χ4n) is 4.64. The highest BCUT2D eigenvalue weighted by Gasteiger charge is 2.24. The molecule has 0 bridgehead atoms. The van der Waals surface area contributed by atoms with Crippen molar-refractivity contribution in [3.05, 3.63) is 75.9 Å². The molecule has 0 atom stereocenters. The number of aryl methyl sites for hydroxylation is 3. The standard InChI is InChI=1S/C28H34N6O4S/c1-6-37-15-24-21(22-9-7-8-10-25(22)39(30,35)36)12-11-20(26(24)27-16(2)18(4)38-34-27)14-31-28-23(13-29)17(3)32-19(5)33-28/h7-12H,6,13-15,29H2,1-5H3,(H2,30,35,36)(H,31,32,33). The van der Waals surface area contributed by atoms with Crippen molar-refractivity contribution >= 4 is 15.8 Å². The summed E-state index contributed by atoms with van der Waals surface area (Å²) in [6.07, 6.45) is 0. The topological polar surface area (TPSA) is 159 Å². The van der Waals surface area contributed by atoms with Crippen LogP contribution in [-0.2, 0) is 34.5 Å². The van der Waals surface area contributed by atoms with E-state index in [4.69, 9.17) is 20.1 Å². The maximum atomic E-state index is 12.5. The molecule has 0 fully saturated rings. The molecule has 0 unspecified atom stereocenters. The molecule has 0 saturated carbocycles. The number of ether oxygens (including phenoxy) is 1. The van der Waals surface area contributed by atoms with Crippen molar-refractivity contribution in [2.45, 2.75) is 59.2 Å². The largest absolute Gasteiger partial charge is 0.377 e. The van der Waals surface area contributed by atoms with Crippen molar-refractivity contribution in [3.63, 3.8) is 0 Å². The Labute approximate surface area is 228 Å². The van der Waals surface area contributed by atoms with Gasteiger partial charge in [-0.2, -0.15) is 0 Å². The summed E-state index contributed by atoms with van der Waals surface area (Å²) in [6.45, 7) is 10.8. The van der Waals surface area contributed by atoms with Crippen molar-refractivity contribution in [2.75, 3.05) is 11.9 Å². The average Bonchev–Trinajstić information content (AvgIpc) is 3.22. The van der Waals surface area contributed by atoms with Crippen LogP contribution >= 0.6 is 0 Å². The molecule has 5 N–H and O–H groups in total.